The molecule has 1 rings (SSSR count). The second-order valence-electron chi connectivity index (χ2n) is 4.62. The molecule has 0 atom stereocenters. The molecule has 0 spiro atoms. The molecule has 0 bridgehead atoms. The van der Waals surface area contributed by atoms with Gasteiger partial charge in [-0.15, -0.1) is 0 Å². The van der Waals surface area contributed by atoms with E-state index in [1.54, 1.807) is 22.9 Å². The quantitative estimate of drug-likeness (QED) is 0.794. The second kappa shape index (κ2) is 5.27. The van der Waals surface area contributed by atoms with Crippen molar-refractivity contribution in [1.82, 2.24) is 9.47 Å². The average molecular weight is 224 g/mol. The standard InChI is InChI=1S/C12H20N2O2/c1-12(2,10-15)13(3)8-9-14-7-5-4-6-11(14)16/h4-7,15H,8-10H2,1-3H3. The molecular formula is C12H20N2O2. The van der Waals surface area contributed by atoms with Gasteiger partial charge in [0.1, 0.15) is 0 Å². The number of nitrogens with zero attached hydrogens (tertiary/aromatic N) is 2. The van der Waals surface area contributed by atoms with Gasteiger partial charge in [0.2, 0.25) is 0 Å². The Labute approximate surface area is 96.1 Å². The predicted octanol–water partition coefficient (Wildman–Crippen LogP) is 0.551. The van der Waals surface area contributed by atoms with E-state index >= 15 is 0 Å². The fourth-order valence-corrected chi connectivity index (χ4v) is 1.33. The first-order valence-electron chi connectivity index (χ1n) is 5.45. The van der Waals surface area contributed by atoms with E-state index in [2.05, 4.69) is 0 Å². The highest BCUT2D eigenvalue weighted by Crippen LogP contribution is 2.10. The minimum Gasteiger partial charge on any atom is -0.394 e. The van der Waals surface area contributed by atoms with Crippen molar-refractivity contribution in [3.05, 3.63) is 34.7 Å². The molecule has 16 heavy (non-hydrogen) atoms. The normalized spacial score (nSPS) is 12.1. The van der Waals surface area contributed by atoms with E-state index in [0.29, 0.717) is 6.54 Å². The van der Waals surface area contributed by atoms with Crippen molar-refractivity contribution in [1.29, 1.82) is 0 Å². The van der Waals surface area contributed by atoms with E-state index in [1.807, 2.05) is 31.9 Å². The van der Waals surface area contributed by atoms with Gasteiger partial charge in [0, 0.05) is 30.9 Å². The first kappa shape index (κ1) is 12.9. The van der Waals surface area contributed by atoms with Crippen LogP contribution in [-0.4, -0.2) is 40.3 Å². The first-order valence-corrected chi connectivity index (χ1v) is 5.45. The zero-order valence-electron chi connectivity index (χ0n) is 10.2. The molecule has 90 valence electrons. The monoisotopic (exact) mass is 224 g/mol. The minimum absolute atomic E-state index is 0.0118. The lowest BCUT2D eigenvalue weighted by Gasteiger charge is -2.33. The Morgan fingerprint density at radius 1 is 1.44 bits per heavy atom. The third-order valence-corrected chi connectivity index (χ3v) is 3.00. The number of aliphatic hydroxyl groups excluding tert-OH is 1. The minimum atomic E-state index is -0.252. The fraction of sp³-hybridized carbons (Fsp3) is 0.583. The molecule has 0 unspecified atom stereocenters. The third kappa shape index (κ3) is 3.18. The van der Waals surface area contributed by atoms with Gasteiger partial charge in [0.25, 0.3) is 5.56 Å². The summed E-state index contributed by atoms with van der Waals surface area (Å²) in [6.45, 7) is 5.42. The highest BCUT2D eigenvalue weighted by Gasteiger charge is 2.21. The molecule has 0 amide bonds. The maximum absolute atomic E-state index is 11.4. The van der Waals surface area contributed by atoms with Gasteiger partial charge < -0.3 is 9.67 Å². The molecule has 1 heterocycles. The van der Waals surface area contributed by atoms with Crippen LogP contribution in [0, 0.1) is 0 Å². The molecule has 4 heteroatoms. The van der Waals surface area contributed by atoms with E-state index in [4.69, 9.17) is 0 Å². The van der Waals surface area contributed by atoms with Crippen LogP contribution in [0.5, 0.6) is 0 Å². The largest absolute Gasteiger partial charge is 0.394 e. The van der Waals surface area contributed by atoms with Gasteiger partial charge in [-0.1, -0.05) is 6.07 Å². The molecular weight excluding hydrogens is 204 g/mol. The van der Waals surface area contributed by atoms with E-state index in [-0.39, 0.29) is 17.7 Å². The van der Waals surface area contributed by atoms with Gasteiger partial charge in [-0.05, 0) is 27.0 Å². The van der Waals surface area contributed by atoms with Crippen LogP contribution in [0.15, 0.2) is 29.2 Å². The van der Waals surface area contributed by atoms with Crippen molar-refractivity contribution in [2.24, 2.45) is 0 Å². The van der Waals surface area contributed by atoms with Gasteiger partial charge >= 0.3 is 0 Å². The summed E-state index contributed by atoms with van der Waals surface area (Å²) in [7, 11) is 1.95. The number of hydrogen-bond acceptors (Lipinski definition) is 3. The van der Waals surface area contributed by atoms with Crippen molar-refractivity contribution in [2.75, 3.05) is 20.2 Å². The Balaban J connectivity index is 2.59. The number of pyridine rings is 1. The maximum Gasteiger partial charge on any atom is 0.250 e. The molecule has 1 N–H and O–H groups in total. The molecule has 0 saturated heterocycles. The number of hydrogen-bond donors (Lipinski definition) is 1. The van der Waals surface area contributed by atoms with Gasteiger partial charge in [-0.25, -0.2) is 0 Å². The summed E-state index contributed by atoms with van der Waals surface area (Å²) >= 11 is 0. The second-order valence-corrected chi connectivity index (χ2v) is 4.62. The van der Waals surface area contributed by atoms with Crippen LogP contribution in [0.25, 0.3) is 0 Å². The Kier molecular flexibility index (Phi) is 4.26. The number of aliphatic hydroxyl groups is 1. The van der Waals surface area contributed by atoms with Crippen molar-refractivity contribution >= 4 is 0 Å². The van der Waals surface area contributed by atoms with Crippen LogP contribution < -0.4 is 5.56 Å². The SMILES string of the molecule is CN(CCn1ccccc1=O)C(C)(C)CO. The Bertz CT molecular complexity index is 385. The number of aromatic nitrogens is 1. The summed E-state index contributed by atoms with van der Waals surface area (Å²) < 4.78 is 1.67. The van der Waals surface area contributed by atoms with Crippen LogP contribution in [0.2, 0.25) is 0 Å². The molecule has 0 aliphatic heterocycles. The van der Waals surface area contributed by atoms with Crippen LogP contribution in [0.1, 0.15) is 13.8 Å². The van der Waals surface area contributed by atoms with Crippen molar-refractivity contribution in [3.63, 3.8) is 0 Å². The molecule has 1 aromatic rings. The molecule has 0 aliphatic rings. The lowest BCUT2D eigenvalue weighted by atomic mass is 10.1. The zero-order valence-corrected chi connectivity index (χ0v) is 10.2. The van der Waals surface area contributed by atoms with Crippen LogP contribution in [0.4, 0.5) is 0 Å². The van der Waals surface area contributed by atoms with Crippen molar-refractivity contribution < 1.29 is 5.11 Å². The average Bonchev–Trinajstić information content (AvgIpc) is 2.27. The summed E-state index contributed by atoms with van der Waals surface area (Å²) in [6.07, 6.45) is 1.78. The van der Waals surface area contributed by atoms with E-state index in [0.717, 1.165) is 6.54 Å². The maximum atomic E-state index is 11.4. The van der Waals surface area contributed by atoms with Gasteiger partial charge in [-0.3, -0.25) is 9.69 Å². The summed E-state index contributed by atoms with van der Waals surface area (Å²) in [5.74, 6) is 0. The number of rotatable bonds is 5. The Hall–Kier alpha value is -1.13. The van der Waals surface area contributed by atoms with Crippen LogP contribution in [-0.2, 0) is 6.54 Å². The van der Waals surface area contributed by atoms with Crippen LogP contribution in [0.3, 0.4) is 0 Å². The van der Waals surface area contributed by atoms with Crippen LogP contribution >= 0.6 is 0 Å². The smallest absolute Gasteiger partial charge is 0.250 e. The molecule has 1 aromatic heterocycles. The third-order valence-electron chi connectivity index (χ3n) is 3.00. The summed E-state index contributed by atoms with van der Waals surface area (Å²) in [5, 5.41) is 9.21. The summed E-state index contributed by atoms with van der Waals surface area (Å²) in [4.78, 5) is 13.5. The van der Waals surface area contributed by atoms with Gasteiger partial charge in [-0.2, -0.15) is 0 Å². The molecule has 0 radical (unpaired) electrons. The summed E-state index contributed by atoms with van der Waals surface area (Å²) in [5.41, 5.74) is -0.240. The highest BCUT2D eigenvalue weighted by molar-refractivity contribution is 4.93. The summed E-state index contributed by atoms with van der Waals surface area (Å²) in [6, 6.07) is 5.13. The first-order chi connectivity index (χ1) is 7.47. The Morgan fingerprint density at radius 2 is 2.12 bits per heavy atom. The molecule has 0 saturated carbocycles. The lowest BCUT2D eigenvalue weighted by Crippen LogP contribution is -2.46. The van der Waals surface area contributed by atoms with Crippen molar-refractivity contribution in [3.8, 4) is 0 Å². The topological polar surface area (TPSA) is 45.5 Å². The fourth-order valence-electron chi connectivity index (χ4n) is 1.33. The molecule has 0 aliphatic carbocycles. The number of likely N-dealkylation sites (N-methyl/N-ethyl adjacent to an activating group) is 1. The van der Waals surface area contributed by atoms with E-state index in [9.17, 15) is 9.90 Å². The van der Waals surface area contributed by atoms with Gasteiger partial charge in [0.15, 0.2) is 0 Å². The zero-order chi connectivity index (χ0) is 12.2. The molecule has 0 aromatic carbocycles. The lowest BCUT2D eigenvalue weighted by molar-refractivity contribution is 0.0761. The van der Waals surface area contributed by atoms with Gasteiger partial charge in [0.05, 0.1) is 6.61 Å². The highest BCUT2D eigenvalue weighted by atomic mass is 16.3. The van der Waals surface area contributed by atoms with Crippen molar-refractivity contribution in [2.45, 2.75) is 25.9 Å². The van der Waals surface area contributed by atoms with E-state index < -0.39 is 0 Å². The molecule has 4 nitrogen and oxygen atoms in total. The Morgan fingerprint density at radius 3 is 2.69 bits per heavy atom. The molecule has 0 fully saturated rings. The predicted molar refractivity (Wildman–Crippen MR) is 64.5 cm³/mol. The van der Waals surface area contributed by atoms with E-state index in [1.165, 1.54) is 0 Å².